The number of aldehydes is 1. The second-order valence-electron chi connectivity index (χ2n) is 4.18. The monoisotopic (exact) mass is 247 g/mol. The highest BCUT2D eigenvalue weighted by Crippen LogP contribution is 2.23. The van der Waals surface area contributed by atoms with Gasteiger partial charge in [-0.05, 0) is 19.4 Å². The van der Waals surface area contributed by atoms with Crippen LogP contribution in [0.1, 0.15) is 36.7 Å². The number of aromatic nitrogens is 3. The number of carbonyl (C=O) groups excluding carboxylic acids is 1. The maximum absolute atomic E-state index is 13.1. The van der Waals surface area contributed by atoms with Gasteiger partial charge in [0.25, 0.3) is 0 Å². The van der Waals surface area contributed by atoms with Gasteiger partial charge in [0.2, 0.25) is 0 Å². The lowest BCUT2D eigenvalue weighted by Gasteiger charge is -2.07. The number of pyridine rings is 1. The van der Waals surface area contributed by atoms with Crippen molar-refractivity contribution in [2.75, 3.05) is 0 Å². The maximum Gasteiger partial charge on any atom is 0.153 e. The average Bonchev–Trinajstić information content (AvgIpc) is 2.82. The third kappa shape index (κ3) is 2.30. The van der Waals surface area contributed by atoms with Gasteiger partial charge in [0.15, 0.2) is 6.29 Å². The Bertz CT molecular complexity index is 565. The van der Waals surface area contributed by atoms with Crippen molar-refractivity contribution in [2.45, 2.75) is 26.3 Å². The van der Waals surface area contributed by atoms with E-state index < -0.39 is 5.82 Å². The van der Waals surface area contributed by atoms with E-state index in [2.05, 4.69) is 10.1 Å². The van der Waals surface area contributed by atoms with Gasteiger partial charge in [-0.15, -0.1) is 0 Å². The van der Waals surface area contributed by atoms with Crippen molar-refractivity contribution in [2.24, 2.45) is 0 Å². The number of carbonyl (C=O) groups is 1. The summed E-state index contributed by atoms with van der Waals surface area (Å²) >= 11 is 0. The molecule has 1 unspecified atom stereocenters. The molecule has 0 spiro atoms. The Morgan fingerprint density at radius 2 is 2.28 bits per heavy atom. The van der Waals surface area contributed by atoms with E-state index in [1.807, 2.05) is 13.8 Å². The molecular weight excluding hydrogens is 233 g/mol. The zero-order valence-corrected chi connectivity index (χ0v) is 10.3. The van der Waals surface area contributed by atoms with Crippen LogP contribution < -0.4 is 0 Å². The van der Waals surface area contributed by atoms with Gasteiger partial charge in [-0.1, -0.05) is 6.92 Å². The molecule has 2 aromatic heterocycles. The van der Waals surface area contributed by atoms with Crippen LogP contribution in [0.3, 0.4) is 0 Å². The summed E-state index contributed by atoms with van der Waals surface area (Å²) in [6.07, 6.45) is 5.93. The van der Waals surface area contributed by atoms with Crippen LogP contribution in [0.2, 0.25) is 0 Å². The van der Waals surface area contributed by atoms with E-state index in [0.29, 0.717) is 16.8 Å². The lowest BCUT2D eigenvalue weighted by atomic mass is 10.1. The zero-order valence-electron chi connectivity index (χ0n) is 10.3. The number of halogens is 1. The topological polar surface area (TPSA) is 47.8 Å². The van der Waals surface area contributed by atoms with Crippen molar-refractivity contribution in [1.29, 1.82) is 0 Å². The van der Waals surface area contributed by atoms with Crippen LogP contribution in [-0.4, -0.2) is 21.1 Å². The average molecular weight is 247 g/mol. The molecule has 0 radical (unpaired) electrons. The SMILES string of the molecule is CCC(C)n1cc(C=O)c(-c2cncc(F)c2)n1. The molecule has 5 heteroatoms. The largest absolute Gasteiger partial charge is 0.298 e. The van der Waals surface area contributed by atoms with Gasteiger partial charge in [0.1, 0.15) is 11.5 Å². The van der Waals surface area contributed by atoms with Crippen LogP contribution in [0.4, 0.5) is 4.39 Å². The Morgan fingerprint density at radius 3 is 2.89 bits per heavy atom. The summed E-state index contributed by atoms with van der Waals surface area (Å²) in [6, 6.07) is 1.52. The Kier molecular flexibility index (Phi) is 3.50. The minimum atomic E-state index is -0.442. The summed E-state index contributed by atoms with van der Waals surface area (Å²) in [7, 11) is 0. The summed E-state index contributed by atoms with van der Waals surface area (Å²) in [6.45, 7) is 4.05. The highest BCUT2D eigenvalue weighted by molar-refractivity contribution is 5.85. The van der Waals surface area contributed by atoms with Crippen LogP contribution in [0.15, 0.2) is 24.7 Å². The summed E-state index contributed by atoms with van der Waals surface area (Å²) in [4.78, 5) is 14.8. The predicted octanol–water partition coefficient (Wildman–Crippen LogP) is 2.87. The predicted molar refractivity (Wildman–Crippen MR) is 65.8 cm³/mol. The summed E-state index contributed by atoms with van der Waals surface area (Å²) in [5.41, 5.74) is 1.43. The van der Waals surface area contributed by atoms with Crippen molar-refractivity contribution in [3.05, 3.63) is 36.0 Å². The smallest absolute Gasteiger partial charge is 0.153 e. The van der Waals surface area contributed by atoms with Crippen LogP contribution in [0.25, 0.3) is 11.3 Å². The fourth-order valence-corrected chi connectivity index (χ4v) is 1.67. The molecular formula is C13H14FN3O. The zero-order chi connectivity index (χ0) is 13.1. The van der Waals surface area contributed by atoms with Crippen molar-refractivity contribution in [3.63, 3.8) is 0 Å². The molecule has 0 aromatic carbocycles. The summed E-state index contributed by atoms with van der Waals surface area (Å²) in [5.74, 6) is -0.442. The summed E-state index contributed by atoms with van der Waals surface area (Å²) < 4.78 is 14.9. The molecule has 0 saturated heterocycles. The summed E-state index contributed by atoms with van der Waals surface area (Å²) in [5, 5.41) is 4.34. The first-order valence-corrected chi connectivity index (χ1v) is 5.81. The van der Waals surface area contributed by atoms with Gasteiger partial charge >= 0.3 is 0 Å². The highest BCUT2D eigenvalue weighted by atomic mass is 19.1. The van der Waals surface area contributed by atoms with Crippen LogP contribution in [0, 0.1) is 5.82 Å². The molecule has 2 heterocycles. The van der Waals surface area contributed by atoms with Gasteiger partial charge in [-0.3, -0.25) is 14.5 Å². The minimum absolute atomic E-state index is 0.193. The van der Waals surface area contributed by atoms with Crippen molar-refractivity contribution in [1.82, 2.24) is 14.8 Å². The first kappa shape index (κ1) is 12.4. The Labute approximate surface area is 104 Å². The fourth-order valence-electron chi connectivity index (χ4n) is 1.67. The standard InChI is InChI=1S/C13H14FN3O/c1-3-9(2)17-7-11(8-18)13(16-17)10-4-12(14)6-15-5-10/h4-9H,3H2,1-2H3. The first-order chi connectivity index (χ1) is 8.65. The number of hydrogen-bond donors (Lipinski definition) is 0. The molecule has 0 aliphatic heterocycles. The van der Waals surface area contributed by atoms with E-state index in [1.165, 1.54) is 12.3 Å². The number of nitrogens with zero attached hydrogens (tertiary/aromatic N) is 3. The normalized spacial score (nSPS) is 12.4. The second kappa shape index (κ2) is 5.08. The van der Waals surface area contributed by atoms with Gasteiger partial charge in [0.05, 0.1) is 11.8 Å². The third-order valence-electron chi connectivity index (χ3n) is 2.91. The molecule has 4 nitrogen and oxygen atoms in total. The van der Waals surface area contributed by atoms with Crippen LogP contribution in [-0.2, 0) is 0 Å². The van der Waals surface area contributed by atoms with Gasteiger partial charge in [0, 0.05) is 24.0 Å². The van der Waals surface area contributed by atoms with Gasteiger partial charge in [-0.2, -0.15) is 5.10 Å². The van der Waals surface area contributed by atoms with Crippen molar-refractivity contribution >= 4 is 6.29 Å². The molecule has 0 fully saturated rings. The van der Waals surface area contributed by atoms with E-state index in [4.69, 9.17) is 0 Å². The fraction of sp³-hybridized carbons (Fsp3) is 0.308. The Morgan fingerprint density at radius 1 is 1.50 bits per heavy atom. The Hall–Kier alpha value is -2.04. The van der Waals surface area contributed by atoms with E-state index in [0.717, 1.165) is 18.9 Å². The van der Waals surface area contributed by atoms with Crippen molar-refractivity contribution in [3.8, 4) is 11.3 Å². The second-order valence-corrected chi connectivity index (χ2v) is 4.18. The van der Waals surface area contributed by atoms with E-state index in [9.17, 15) is 9.18 Å². The molecule has 0 N–H and O–H groups in total. The lowest BCUT2D eigenvalue weighted by molar-refractivity contribution is 0.112. The minimum Gasteiger partial charge on any atom is -0.298 e. The molecule has 1 atom stereocenters. The molecule has 0 amide bonds. The Balaban J connectivity index is 2.50. The number of rotatable bonds is 4. The highest BCUT2D eigenvalue weighted by Gasteiger charge is 2.13. The molecule has 2 aromatic rings. The molecule has 0 saturated carbocycles. The molecule has 0 bridgehead atoms. The van der Waals surface area contributed by atoms with E-state index in [-0.39, 0.29) is 6.04 Å². The van der Waals surface area contributed by atoms with Gasteiger partial charge < -0.3 is 0 Å². The molecule has 94 valence electrons. The first-order valence-electron chi connectivity index (χ1n) is 5.81. The molecule has 18 heavy (non-hydrogen) atoms. The van der Waals surface area contributed by atoms with Crippen LogP contribution in [0.5, 0.6) is 0 Å². The van der Waals surface area contributed by atoms with E-state index in [1.54, 1.807) is 10.9 Å². The number of hydrogen-bond acceptors (Lipinski definition) is 3. The maximum atomic E-state index is 13.1. The van der Waals surface area contributed by atoms with Crippen LogP contribution >= 0.6 is 0 Å². The molecule has 0 aliphatic carbocycles. The lowest BCUT2D eigenvalue weighted by Crippen LogP contribution is -2.04. The third-order valence-corrected chi connectivity index (χ3v) is 2.91. The molecule has 0 aliphatic rings. The van der Waals surface area contributed by atoms with E-state index >= 15 is 0 Å². The quantitative estimate of drug-likeness (QED) is 0.780. The van der Waals surface area contributed by atoms with Gasteiger partial charge in [-0.25, -0.2) is 4.39 Å². The van der Waals surface area contributed by atoms with Crippen molar-refractivity contribution < 1.29 is 9.18 Å². The molecule has 2 rings (SSSR count).